The largest absolute Gasteiger partial charge is 1.00 e. The summed E-state index contributed by atoms with van der Waals surface area (Å²) in [6.07, 6.45) is 0. The van der Waals surface area contributed by atoms with E-state index in [0.29, 0.717) is 0 Å². The van der Waals surface area contributed by atoms with E-state index in [2.05, 4.69) is 0 Å². The second-order valence-corrected chi connectivity index (χ2v) is 1.54. The van der Waals surface area contributed by atoms with Gasteiger partial charge in [0, 0.05) is 0 Å². The van der Waals surface area contributed by atoms with Crippen molar-refractivity contribution in [3.63, 3.8) is 0 Å². The number of rotatable bonds is 0. The second-order valence-electron chi connectivity index (χ2n) is 0.513. The van der Waals surface area contributed by atoms with Crippen LogP contribution in [0.25, 0.3) is 0 Å². The van der Waals surface area contributed by atoms with Crippen molar-refractivity contribution in [2.24, 2.45) is 0 Å². The minimum absolute atomic E-state index is 0. The first-order chi connectivity index (χ1) is 2.00. The Morgan fingerprint density at radius 1 is 0.900 bits per heavy atom. The number of hydrogen-bond donors (Lipinski definition) is 6. The molecule has 0 fully saturated rings. The summed E-state index contributed by atoms with van der Waals surface area (Å²) in [7, 11) is -4.64. The van der Waals surface area contributed by atoms with Crippen molar-refractivity contribution in [2.75, 3.05) is 0 Å². The third-order valence-electron chi connectivity index (χ3n) is 0. The van der Waals surface area contributed by atoms with Crippen LogP contribution in [0, 0.1) is 0 Å². The van der Waals surface area contributed by atoms with Crippen molar-refractivity contribution in [1.82, 2.24) is 18.5 Å². The summed E-state index contributed by atoms with van der Waals surface area (Å²) in [6.45, 7) is 0. The van der Waals surface area contributed by atoms with Crippen molar-refractivity contribution in [3.8, 4) is 0 Å². The first kappa shape index (κ1) is 40.4. The molecular weight excluding hydrogens is 183 g/mol. The topological polar surface area (TPSA) is 183 Å². The summed E-state index contributed by atoms with van der Waals surface area (Å²) < 4.78 is 8.88. The van der Waals surface area contributed by atoms with Gasteiger partial charge in [0.1, 0.15) is 0 Å². The van der Waals surface area contributed by atoms with E-state index in [4.69, 9.17) is 19.2 Å². The van der Waals surface area contributed by atoms with Gasteiger partial charge >= 0.3 is 66.9 Å². The molecule has 10 heavy (non-hydrogen) atoms. The molecule has 0 bridgehead atoms. The molecule has 0 aromatic heterocycles. The molecule has 0 saturated heterocycles. The predicted octanol–water partition coefficient (Wildman–Crippen LogP) is -6.21. The van der Waals surface area contributed by atoms with Crippen molar-refractivity contribution < 1.29 is 81.2 Å². The Bertz CT molecular complexity index is 72.4. The first-order valence-corrected chi connectivity index (χ1v) is 2.35. The van der Waals surface area contributed by atoms with Crippen LogP contribution in [0.15, 0.2) is 0 Å². The van der Waals surface area contributed by atoms with Gasteiger partial charge < -0.3 is 36.0 Å². The minimum Gasteiger partial charge on any atom is -1.00 e. The van der Waals surface area contributed by atoms with Gasteiger partial charge in [0.2, 0.25) is 0 Å². The monoisotopic (exact) mass is 197 g/mol. The molecular formula is H14N3Na2O4P. The molecule has 0 aromatic carbocycles. The zero-order chi connectivity index (χ0) is 4.50. The van der Waals surface area contributed by atoms with Crippen LogP contribution in [0.3, 0.4) is 0 Å². The first-order valence-electron chi connectivity index (χ1n) is 0.783. The summed E-state index contributed by atoms with van der Waals surface area (Å²) in [5, 5.41) is 0. The van der Waals surface area contributed by atoms with Crippen LogP contribution in [-0.2, 0) is 4.57 Å². The summed E-state index contributed by atoms with van der Waals surface area (Å²) in [5.74, 6) is 0. The van der Waals surface area contributed by atoms with Gasteiger partial charge in [-0.15, -0.1) is 0 Å². The SMILES string of the molecule is N.N.N.O=P(O)(O)O.[H-].[H-].[Na+].[Na+]. The van der Waals surface area contributed by atoms with Gasteiger partial charge in [0.15, 0.2) is 0 Å². The van der Waals surface area contributed by atoms with Gasteiger partial charge in [-0.05, 0) is 0 Å². The zero-order valence-electron chi connectivity index (χ0n) is 8.32. The molecule has 7 nitrogen and oxygen atoms in total. The molecule has 0 spiro atoms. The Balaban J connectivity index is -0.00000000381. The van der Waals surface area contributed by atoms with Crippen LogP contribution in [0.1, 0.15) is 2.85 Å². The fraction of sp³-hybridized carbons (Fsp3) is 0. The fourth-order valence-corrected chi connectivity index (χ4v) is 0. The van der Waals surface area contributed by atoms with E-state index in [0.717, 1.165) is 0 Å². The molecule has 0 rings (SSSR count). The van der Waals surface area contributed by atoms with E-state index in [-0.39, 0.29) is 80.4 Å². The fourth-order valence-electron chi connectivity index (χ4n) is 0. The van der Waals surface area contributed by atoms with Crippen molar-refractivity contribution in [3.05, 3.63) is 0 Å². The summed E-state index contributed by atoms with van der Waals surface area (Å²) in [5.41, 5.74) is 0. The van der Waals surface area contributed by atoms with Gasteiger partial charge in [-0.3, -0.25) is 0 Å². The Morgan fingerprint density at radius 3 is 0.900 bits per heavy atom. The van der Waals surface area contributed by atoms with Crippen LogP contribution in [0.5, 0.6) is 0 Å². The molecule has 0 atom stereocenters. The zero-order valence-corrected chi connectivity index (χ0v) is 11.2. The maximum atomic E-state index is 8.88. The van der Waals surface area contributed by atoms with Crippen LogP contribution in [-0.4, -0.2) is 14.7 Å². The van der Waals surface area contributed by atoms with E-state index in [1.165, 1.54) is 0 Å². The van der Waals surface area contributed by atoms with Gasteiger partial charge in [-0.2, -0.15) is 0 Å². The van der Waals surface area contributed by atoms with E-state index < -0.39 is 7.82 Å². The van der Waals surface area contributed by atoms with Gasteiger partial charge in [-0.1, -0.05) is 0 Å². The maximum absolute atomic E-state index is 8.88. The van der Waals surface area contributed by atoms with E-state index in [9.17, 15) is 0 Å². The molecule has 0 aromatic rings. The normalized spacial score (nSPS) is 5.90. The van der Waals surface area contributed by atoms with E-state index >= 15 is 0 Å². The van der Waals surface area contributed by atoms with Gasteiger partial charge in [-0.25, -0.2) is 4.57 Å². The van der Waals surface area contributed by atoms with E-state index in [1.54, 1.807) is 0 Å². The quantitative estimate of drug-likeness (QED) is 0.165. The Kier molecular flexibility index (Phi) is 69.3. The minimum atomic E-state index is -4.64. The molecule has 0 aliphatic heterocycles. The molecule has 0 unspecified atom stereocenters. The standard InChI is InChI=1S/3H3N.2Na.H3O4P.2H/c;;;;;1-5(2,3)4;;/h3*1H3;;;(H3,1,2,3,4);;/q;;;2*+1;;2*-1. The average Bonchev–Trinajstić information content (AvgIpc) is 0.722. The molecule has 0 heterocycles. The van der Waals surface area contributed by atoms with Crippen molar-refractivity contribution >= 4 is 7.82 Å². The number of phosphoric acid groups is 1. The summed E-state index contributed by atoms with van der Waals surface area (Å²) in [4.78, 5) is 21.6. The molecule has 0 radical (unpaired) electrons. The molecule has 0 saturated carbocycles. The average molecular weight is 197 g/mol. The summed E-state index contributed by atoms with van der Waals surface area (Å²) in [6, 6.07) is 0. The third kappa shape index (κ3) is 204. The van der Waals surface area contributed by atoms with Crippen molar-refractivity contribution in [1.29, 1.82) is 0 Å². The summed E-state index contributed by atoms with van der Waals surface area (Å²) >= 11 is 0. The van der Waals surface area contributed by atoms with Crippen LogP contribution >= 0.6 is 7.82 Å². The molecule has 0 aliphatic carbocycles. The smallest absolute Gasteiger partial charge is 1.00 e. The van der Waals surface area contributed by atoms with Crippen LogP contribution in [0.2, 0.25) is 0 Å². The van der Waals surface area contributed by atoms with Crippen molar-refractivity contribution in [2.45, 2.75) is 0 Å². The van der Waals surface area contributed by atoms with E-state index in [1.807, 2.05) is 0 Å². The molecule has 0 aliphatic rings. The molecule has 12 N–H and O–H groups in total. The Hall–Kier alpha value is 1.99. The Labute approximate surface area is 107 Å². The number of hydrogen-bond acceptors (Lipinski definition) is 4. The van der Waals surface area contributed by atoms with Gasteiger partial charge in [0.25, 0.3) is 0 Å². The van der Waals surface area contributed by atoms with Crippen LogP contribution < -0.4 is 77.6 Å². The van der Waals surface area contributed by atoms with Crippen LogP contribution in [0.4, 0.5) is 0 Å². The molecule has 10 heteroatoms. The Morgan fingerprint density at radius 2 is 0.900 bits per heavy atom. The third-order valence-corrected chi connectivity index (χ3v) is 0. The second kappa shape index (κ2) is 17.2. The molecule has 60 valence electrons. The predicted molar refractivity (Wildman–Crippen MR) is 31.6 cm³/mol. The van der Waals surface area contributed by atoms with Gasteiger partial charge in [0.05, 0.1) is 0 Å². The maximum Gasteiger partial charge on any atom is 1.00 e. The molecule has 0 amide bonds.